The highest BCUT2D eigenvalue weighted by molar-refractivity contribution is 5.94. The molecular weight excluding hydrogens is 268 g/mol. The van der Waals surface area contributed by atoms with Crippen LogP contribution in [0.25, 0.3) is 0 Å². The lowest BCUT2D eigenvalue weighted by molar-refractivity contribution is 0.100. The molecule has 0 bridgehead atoms. The van der Waals surface area contributed by atoms with Crippen LogP contribution in [0.2, 0.25) is 0 Å². The molecule has 6 nitrogen and oxygen atoms in total. The minimum absolute atomic E-state index is 0.453. The number of ether oxygens (including phenoxy) is 1. The van der Waals surface area contributed by atoms with Crippen molar-refractivity contribution >= 4 is 11.6 Å². The molecule has 1 saturated carbocycles. The van der Waals surface area contributed by atoms with Crippen LogP contribution in [0.3, 0.4) is 0 Å². The number of amides is 1. The van der Waals surface area contributed by atoms with Crippen molar-refractivity contribution in [3.8, 4) is 5.75 Å². The third-order valence-corrected chi connectivity index (χ3v) is 3.63. The number of hydrogen-bond donors (Lipinski definition) is 2. The summed E-state index contributed by atoms with van der Waals surface area (Å²) in [6.07, 6.45) is 6.15. The Kier molecular flexibility index (Phi) is 3.51. The first-order valence-electron chi connectivity index (χ1n) is 6.91. The van der Waals surface area contributed by atoms with Gasteiger partial charge < -0.3 is 20.4 Å². The summed E-state index contributed by atoms with van der Waals surface area (Å²) in [6, 6.07) is 5.68. The number of methoxy groups -OCH3 is 1. The smallest absolute Gasteiger partial charge is 0.248 e. The number of primary amides is 1. The number of benzene rings is 1. The highest BCUT2D eigenvalue weighted by Gasteiger charge is 2.25. The van der Waals surface area contributed by atoms with E-state index in [0.29, 0.717) is 23.9 Å². The van der Waals surface area contributed by atoms with Gasteiger partial charge in [-0.3, -0.25) is 4.79 Å². The van der Waals surface area contributed by atoms with Gasteiger partial charge in [0.05, 0.1) is 31.4 Å². The van der Waals surface area contributed by atoms with Gasteiger partial charge in [-0.05, 0) is 31.0 Å². The zero-order chi connectivity index (χ0) is 14.8. The van der Waals surface area contributed by atoms with Crippen LogP contribution >= 0.6 is 0 Å². The Hall–Kier alpha value is -2.50. The third-order valence-electron chi connectivity index (χ3n) is 3.63. The van der Waals surface area contributed by atoms with E-state index in [1.165, 1.54) is 12.8 Å². The fourth-order valence-electron chi connectivity index (χ4n) is 2.34. The van der Waals surface area contributed by atoms with Crippen molar-refractivity contribution in [3.63, 3.8) is 0 Å². The molecule has 1 amide bonds. The van der Waals surface area contributed by atoms with E-state index in [1.807, 2.05) is 12.5 Å². The number of carbonyl (C=O) groups excluding carboxylic acids is 1. The maximum atomic E-state index is 11.3. The SMILES string of the molecule is COc1ccc(C(N)=O)cc1NCc1cncn1C1CC1. The van der Waals surface area contributed by atoms with Crippen LogP contribution in [0.15, 0.2) is 30.7 Å². The molecule has 0 unspecified atom stereocenters. The van der Waals surface area contributed by atoms with Crippen molar-refractivity contribution < 1.29 is 9.53 Å². The highest BCUT2D eigenvalue weighted by atomic mass is 16.5. The molecule has 1 aliphatic rings. The molecule has 3 N–H and O–H groups in total. The first-order valence-corrected chi connectivity index (χ1v) is 6.91. The summed E-state index contributed by atoms with van der Waals surface area (Å²) >= 11 is 0. The second-order valence-corrected chi connectivity index (χ2v) is 5.16. The number of aromatic nitrogens is 2. The summed E-state index contributed by atoms with van der Waals surface area (Å²) in [5, 5.41) is 3.29. The maximum absolute atomic E-state index is 11.3. The molecular formula is C15H18N4O2. The number of anilines is 1. The molecule has 21 heavy (non-hydrogen) atoms. The maximum Gasteiger partial charge on any atom is 0.248 e. The van der Waals surface area contributed by atoms with Crippen molar-refractivity contribution in [1.82, 2.24) is 9.55 Å². The lowest BCUT2D eigenvalue weighted by Crippen LogP contribution is -2.12. The fourth-order valence-corrected chi connectivity index (χ4v) is 2.34. The van der Waals surface area contributed by atoms with Crippen LogP contribution in [0.1, 0.15) is 34.9 Å². The van der Waals surface area contributed by atoms with E-state index in [4.69, 9.17) is 10.5 Å². The number of imidazole rings is 1. The van der Waals surface area contributed by atoms with Gasteiger partial charge in [-0.15, -0.1) is 0 Å². The number of nitrogens with two attached hydrogens (primary N) is 1. The summed E-state index contributed by atoms with van der Waals surface area (Å²) in [5.74, 6) is 0.223. The highest BCUT2D eigenvalue weighted by Crippen LogP contribution is 2.36. The molecule has 1 aromatic carbocycles. The molecule has 1 heterocycles. The standard InChI is InChI=1S/C15H18N4O2/c1-21-14-5-2-10(15(16)20)6-13(14)18-8-12-7-17-9-19(12)11-3-4-11/h2,5-7,9,11,18H,3-4,8H2,1H3,(H2,16,20). The largest absolute Gasteiger partial charge is 0.495 e. The van der Waals surface area contributed by atoms with Crippen LogP contribution in [0.5, 0.6) is 5.75 Å². The summed E-state index contributed by atoms with van der Waals surface area (Å²) in [7, 11) is 1.60. The van der Waals surface area contributed by atoms with Crippen LogP contribution < -0.4 is 15.8 Å². The van der Waals surface area contributed by atoms with Gasteiger partial charge in [0.15, 0.2) is 0 Å². The van der Waals surface area contributed by atoms with Crippen molar-refractivity contribution in [2.75, 3.05) is 12.4 Å². The van der Waals surface area contributed by atoms with Gasteiger partial charge >= 0.3 is 0 Å². The third kappa shape index (κ3) is 2.84. The molecule has 3 rings (SSSR count). The molecule has 0 spiro atoms. The number of rotatable bonds is 6. The summed E-state index contributed by atoms with van der Waals surface area (Å²) < 4.78 is 7.49. The molecule has 0 radical (unpaired) electrons. The van der Waals surface area contributed by atoms with Crippen LogP contribution in [0, 0.1) is 0 Å². The van der Waals surface area contributed by atoms with Crippen LogP contribution in [-0.4, -0.2) is 22.6 Å². The lowest BCUT2D eigenvalue weighted by Gasteiger charge is -2.13. The molecule has 110 valence electrons. The van der Waals surface area contributed by atoms with Crippen molar-refractivity contribution in [2.45, 2.75) is 25.4 Å². The Morgan fingerprint density at radius 3 is 3.00 bits per heavy atom. The minimum Gasteiger partial charge on any atom is -0.495 e. The zero-order valence-electron chi connectivity index (χ0n) is 11.9. The number of hydrogen-bond acceptors (Lipinski definition) is 4. The summed E-state index contributed by atoms with van der Waals surface area (Å²) in [6.45, 7) is 0.620. The normalized spacial score (nSPS) is 14.0. The first-order chi connectivity index (χ1) is 10.2. The van der Waals surface area contributed by atoms with Gasteiger partial charge in [0.1, 0.15) is 5.75 Å². The van der Waals surface area contributed by atoms with Gasteiger partial charge in [0, 0.05) is 17.8 Å². The Labute approximate surface area is 122 Å². The molecule has 0 atom stereocenters. The monoisotopic (exact) mass is 286 g/mol. The zero-order valence-corrected chi connectivity index (χ0v) is 11.9. The summed E-state index contributed by atoms with van der Waals surface area (Å²) in [4.78, 5) is 15.5. The molecule has 1 aliphatic carbocycles. The predicted octanol–water partition coefficient (Wildman–Crippen LogP) is 1.94. The average molecular weight is 286 g/mol. The van der Waals surface area contributed by atoms with Gasteiger partial charge in [0.25, 0.3) is 0 Å². The van der Waals surface area contributed by atoms with Gasteiger partial charge in [-0.2, -0.15) is 0 Å². The van der Waals surface area contributed by atoms with E-state index in [0.717, 1.165) is 11.4 Å². The second kappa shape index (κ2) is 5.47. The Bertz CT molecular complexity index is 661. The first kappa shape index (κ1) is 13.5. The van der Waals surface area contributed by atoms with Crippen LogP contribution in [-0.2, 0) is 6.54 Å². The molecule has 6 heteroatoms. The second-order valence-electron chi connectivity index (χ2n) is 5.16. The minimum atomic E-state index is -0.455. The van der Waals surface area contributed by atoms with E-state index < -0.39 is 5.91 Å². The number of nitrogens with zero attached hydrogens (tertiary/aromatic N) is 2. The van der Waals surface area contributed by atoms with Gasteiger partial charge in [-0.1, -0.05) is 0 Å². The lowest BCUT2D eigenvalue weighted by atomic mass is 10.1. The number of carbonyl (C=O) groups is 1. The Morgan fingerprint density at radius 1 is 1.52 bits per heavy atom. The van der Waals surface area contributed by atoms with E-state index >= 15 is 0 Å². The predicted molar refractivity (Wildman–Crippen MR) is 79.3 cm³/mol. The van der Waals surface area contributed by atoms with E-state index in [-0.39, 0.29) is 0 Å². The molecule has 1 aromatic heterocycles. The van der Waals surface area contributed by atoms with E-state index in [2.05, 4.69) is 14.9 Å². The van der Waals surface area contributed by atoms with Gasteiger partial charge in [0.2, 0.25) is 5.91 Å². The quantitative estimate of drug-likeness (QED) is 0.850. The molecule has 0 saturated heterocycles. The fraction of sp³-hybridized carbons (Fsp3) is 0.333. The number of nitrogens with one attached hydrogen (secondary N) is 1. The van der Waals surface area contributed by atoms with Gasteiger partial charge in [-0.25, -0.2) is 4.98 Å². The topological polar surface area (TPSA) is 82.2 Å². The Balaban J connectivity index is 1.78. The average Bonchev–Trinajstić information content (AvgIpc) is 3.23. The Morgan fingerprint density at radius 2 is 2.33 bits per heavy atom. The van der Waals surface area contributed by atoms with Crippen molar-refractivity contribution in [3.05, 3.63) is 42.0 Å². The molecule has 0 aliphatic heterocycles. The van der Waals surface area contributed by atoms with Crippen molar-refractivity contribution in [2.24, 2.45) is 5.73 Å². The summed E-state index contributed by atoms with van der Waals surface area (Å²) in [5.41, 5.74) is 7.63. The van der Waals surface area contributed by atoms with Crippen LogP contribution in [0.4, 0.5) is 5.69 Å². The van der Waals surface area contributed by atoms with E-state index in [9.17, 15) is 4.79 Å². The van der Waals surface area contributed by atoms with Crippen molar-refractivity contribution in [1.29, 1.82) is 0 Å². The van der Waals surface area contributed by atoms with E-state index in [1.54, 1.807) is 25.3 Å². The molecule has 1 fully saturated rings. The molecule has 2 aromatic rings.